The van der Waals surface area contributed by atoms with E-state index in [1.165, 1.54) is 19.6 Å². The molecule has 2 N–H and O–H groups in total. The Morgan fingerprint density at radius 2 is 2.00 bits per heavy atom. The number of likely N-dealkylation sites (tertiary alicyclic amines) is 1. The molecule has 104 valence electrons. The lowest BCUT2D eigenvalue weighted by molar-refractivity contribution is -0.132. The first-order valence-corrected chi connectivity index (χ1v) is 6.43. The first-order chi connectivity index (χ1) is 9.11. The number of carbonyl (C=O) groups is 2. The van der Waals surface area contributed by atoms with E-state index >= 15 is 0 Å². The van der Waals surface area contributed by atoms with Gasteiger partial charge in [0.05, 0.1) is 12.8 Å². The van der Waals surface area contributed by atoms with Gasteiger partial charge in [-0.1, -0.05) is 0 Å². The summed E-state index contributed by atoms with van der Waals surface area (Å²) in [5, 5.41) is 0. The number of anilines is 1. The lowest BCUT2D eigenvalue weighted by Crippen LogP contribution is -2.38. The van der Waals surface area contributed by atoms with Crippen LogP contribution in [0.3, 0.4) is 0 Å². The van der Waals surface area contributed by atoms with Crippen LogP contribution in [0.15, 0.2) is 12.3 Å². The van der Waals surface area contributed by atoms with Crippen molar-refractivity contribution in [2.45, 2.75) is 25.8 Å². The predicted molar refractivity (Wildman–Crippen MR) is 70.6 cm³/mol. The van der Waals surface area contributed by atoms with Crippen LogP contribution in [0.5, 0.6) is 0 Å². The number of nitrogen functional groups attached to an aromatic ring is 1. The minimum atomic E-state index is -0.483. The molecule has 2 rings (SSSR count). The van der Waals surface area contributed by atoms with Gasteiger partial charge in [0.15, 0.2) is 0 Å². The molecular weight excluding hydrogens is 246 g/mol. The summed E-state index contributed by atoms with van der Waals surface area (Å²) in [6.07, 6.45) is 4.86. The summed E-state index contributed by atoms with van der Waals surface area (Å²) < 4.78 is 6.23. The minimum Gasteiger partial charge on any atom is -0.464 e. The predicted octanol–water partition coefficient (Wildman–Crippen LogP) is 0.869. The highest BCUT2D eigenvalue weighted by Gasteiger charge is 2.20. The number of nitrogens with zero attached hydrogens (tertiary/aromatic N) is 2. The molecule has 6 heteroatoms. The number of hydrogen-bond donors (Lipinski definition) is 1. The third-order valence-electron chi connectivity index (χ3n) is 3.33. The van der Waals surface area contributed by atoms with Crippen molar-refractivity contribution in [3.05, 3.63) is 18.0 Å². The molecule has 1 saturated heterocycles. The number of amides is 1. The molecule has 1 fully saturated rings. The number of esters is 1. The Bertz CT molecular complexity index is 475. The van der Waals surface area contributed by atoms with Gasteiger partial charge in [-0.05, 0) is 25.3 Å². The molecule has 1 amide bonds. The Morgan fingerprint density at radius 3 is 2.63 bits per heavy atom. The first-order valence-electron chi connectivity index (χ1n) is 6.43. The van der Waals surface area contributed by atoms with Crippen LogP contribution in [0.1, 0.15) is 29.8 Å². The Kier molecular flexibility index (Phi) is 4.09. The zero-order chi connectivity index (χ0) is 13.8. The van der Waals surface area contributed by atoms with Crippen molar-refractivity contribution in [2.24, 2.45) is 0 Å². The molecule has 0 bridgehead atoms. The van der Waals surface area contributed by atoms with Crippen LogP contribution in [0.4, 0.5) is 5.69 Å². The van der Waals surface area contributed by atoms with E-state index in [1.807, 2.05) is 4.90 Å². The fourth-order valence-electron chi connectivity index (χ4n) is 2.33. The van der Waals surface area contributed by atoms with Crippen molar-refractivity contribution in [3.8, 4) is 0 Å². The van der Waals surface area contributed by atoms with Crippen molar-refractivity contribution in [3.63, 3.8) is 0 Å². The van der Waals surface area contributed by atoms with Gasteiger partial charge in [0.25, 0.3) is 0 Å². The molecule has 0 aromatic carbocycles. The average molecular weight is 265 g/mol. The average Bonchev–Trinajstić information content (AvgIpc) is 2.79. The quantitative estimate of drug-likeness (QED) is 0.823. The lowest BCUT2D eigenvalue weighted by Gasteiger charge is -2.27. The summed E-state index contributed by atoms with van der Waals surface area (Å²) in [6.45, 7) is 1.72. The highest BCUT2D eigenvalue weighted by molar-refractivity contribution is 5.89. The maximum Gasteiger partial charge on any atom is 0.354 e. The van der Waals surface area contributed by atoms with Gasteiger partial charge in [0.2, 0.25) is 5.91 Å². The molecule has 0 radical (unpaired) electrons. The molecule has 0 saturated carbocycles. The molecule has 2 heterocycles. The number of aromatic nitrogens is 1. The number of piperidine rings is 1. The van der Waals surface area contributed by atoms with Crippen LogP contribution in [0, 0.1) is 0 Å². The monoisotopic (exact) mass is 265 g/mol. The highest BCUT2D eigenvalue weighted by atomic mass is 16.5. The van der Waals surface area contributed by atoms with Crippen LogP contribution >= 0.6 is 0 Å². The summed E-state index contributed by atoms with van der Waals surface area (Å²) in [7, 11) is 1.31. The number of ether oxygens (including phenoxy) is 1. The van der Waals surface area contributed by atoms with Crippen molar-refractivity contribution < 1.29 is 14.3 Å². The molecule has 0 atom stereocenters. The fourth-order valence-corrected chi connectivity index (χ4v) is 2.33. The Balaban J connectivity index is 2.09. The van der Waals surface area contributed by atoms with E-state index in [0.29, 0.717) is 11.4 Å². The normalized spacial score (nSPS) is 15.3. The van der Waals surface area contributed by atoms with E-state index in [1.54, 1.807) is 10.8 Å². The topological polar surface area (TPSA) is 77.6 Å². The molecule has 1 aromatic heterocycles. The third-order valence-corrected chi connectivity index (χ3v) is 3.33. The van der Waals surface area contributed by atoms with E-state index in [2.05, 4.69) is 4.74 Å². The number of carbonyl (C=O) groups excluding carboxylic acids is 2. The maximum absolute atomic E-state index is 12.2. The molecule has 19 heavy (non-hydrogen) atoms. The second kappa shape index (κ2) is 5.77. The summed E-state index contributed by atoms with van der Waals surface area (Å²) >= 11 is 0. The zero-order valence-corrected chi connectivity index (χ0v) is 11.1. The number of hydrogen-bond acceptors (Lipinski definition) is 4. The lowest BCUT2D eigenvalue weighted by atomic mass is 10.1. The van der Waals surface area contributed by atoms with Gasteiger partial charge in [-0.2, -0.15) is 0 Å². The second-order valence-corrected chi connectivity index (χ2v) is 4.72. The standard InChI is InChI=1S/C13H19N3O3/c1-19-13(18)11-7-10(14)8-16(11)9-12(17)15-5-3-2-4-6-15/h7-8H,2-6,9,14H2,1H3. The maximum atomic E-state index is 12.2. The summed E-state index contributed by atoms with van der Waals surface area (Å²) in [5.41, 5.74) is 6.43. The zero-order valence-electron chi connectivity index (χ0n) is 11.1. The van der Waals surface area contributed by atoms with Gasteiger partial charge in [0.1, 0.15) is 12.2 Å². The van der Waals surface area contributed by atoms with Crippen LogP contribution in [-0.4, -0.2) is 41.5 Å². The first kappa shape index (κ1) is 13.5. The van der Waals surface area contributed by atoms with Gasteiger partial charge in [-0.25, -0.2) is 4.79 Å². The number of methoxy groups -OCH3 is 1. The Labute approximate surface area is 112 Å². The van der Waals surface area contributed by atoms with E-state index in [4.69, 9.17) is 5.73 Å². The molecule has 0 aliphatic carbocycles. The fraction of sp³-hybridized carbons (Fsp3) is 0.538. The molecule has 1 aliphatic heterocycles. The van der Waals surface area contributed by atoms with Crippen molar-refractivity contribution in [2.75, 3.05) is 25.9 Å². The van der Waals surface area contributed by atoms with E-state index in [9.17, 15) is 9.59 Å². The van der Waals surface area contributed by atoms with Crippen molar-refractivity contribution in [1.29, 1.82) is 0 Å². The largest absolute Gasteiger partial charge is 0.464 e. The van der Waals surface area contributed by atoms with Crippen LogP contribution in [-0.2, 0) is 16.1 Å². The molecule has 1 aliphatic rings. The minimum absolute atomic E-state index is 0.0143. The highest BCUT2D eigenvalue weighted by Crippen LogP contribution is 2.14. The SMILES string of the molecule is COC(=O)c1cc(N)cn1CC(=O)N1CCCCC1. The van der Waals surface area contributed by atoms with Crippen LogP contribution in [0.2, 0.25) is 0 Å². The van der Waals surface area contributed by atoms with E-state index in [-0.39, 0.29) is 12.5 Å². The van der Waals surface area contributed by atoms with Gasteiger partial charge in [-0.3, -0.25) is 4.79 Å². The van der Waals surface area contributed by atoms with Crippen LogP contribution < -0.4 is 5.73 Å². The molecule has 1 aromatic rings. The van der Waals surface area contributed by atoms with Gasteiger partial charge in [0, 0.05) is 19.3 Å². The second-order valence-electron chi connectivity index (χ2n) is 4.72. The summed E-state index contributed by atoms with van der Waals surface area (Å²) in [5.74, 6) is -0.469. The number of rotatable bonds is 3. The third kappa shape index (κ3) is 3.07. The van der Waals surface area contributed by atoms with Gasteiger partial charge < -0.3 is 19.9 Å². The van der Waals surface area contributed by atoms with E-state index < -0.39 is 5.97 Å². The number of nitrogens with two attached hydrogens (primary N) is 1. The molecule has 0 spiro atoms. The Morgan fingerprint density at radius 1 is 1.32 bits per heavy atom. The van der Waals surface area contributed by atoms with Gasteiger partial charge in [-0.15, -0.1) is 0 Å². The Hall–Kier alpha value is -1.98. The molecule has 0 unspecified atom stereocenters. The van der Waals surface area contributed by atoms with Gasteiger partial charge >= 0.3 is 5.97 Å². The molecular formula is C13H19N3O3. The van der Waals surface area contributed by atoms with Crippen molar-refractivity contribution >= 4 is 17.6 Å². The van der Waals surface area contributed by atoms with E-state index in [0.717, 1.165) is 25.9 Å². The van der Waals surface area contributed by atoms with Crippen LogP contribution in [0.25, 0.3) is 0 Å². The summed E-state index contributed by atoms with van der Waals surface area (Å²) in [4.78, 5) is 25.6. The summed E-state index contributed by atoms with van der Waals surface area (Å²) in [6, 6.07) is 1.52. The molecule has 6 nitrogen and oxygen atoms in total. The smallest absolute Gasteiger partial charge is 0.354 e. The van der Waals surface area contributed by atoms with Crippen molar-refractivity contribution in [1.82, 2.24) is 9.47 Å².